The second-order valence-electron chi connectivity index (χ2n) is 4.88. The third-order valence-corrected chi connectivity index (χ3v) is 3.90. The first-order chi connectivity index (χ1) is 9.72. The molecule has 2 aromatic rings. The molecule has 0 bridgehead atoms. The average molecular weight is 333 g/mol. The maximum absolute atomic E-state index is 4.57. The summed E-state index contributed by atoms with van der Waals surface area (Å²) in [6.07, 6.45) is 3.93. The van der Waals surface area contributed by atoms with Crippen LogP contribution in [0.15, 0.2) is 47.1 Å². The van der Waals surface area contributed by atoms with Crippen LogP contribution in [-0.2, 0) is 12.8 Å². The Morgan fingerprint density at radius 3 is 2.65 bits per heavy atom. The van der Waals surface area contributed by atoms with E-state index >= 15 is 0 Å². The molecule has 0 amide bonds. The second-order valence-corrected chi connectivity index (χ2v) is 5.80. The Bertz CT molecular complexity index is 537. The molecule has 0 aliphatic carbocycles. The van der Waals surface area contributed by atoms with Gasteiger partial charge in [0.05, 0.1) is 0 Å². The van der Waals surface area contributed by atoms with E-state index < -0.39 is 0 Å². The van der Waals surface area contributed by atoms with Crippen LogP contribution >= 0.6 is 15.9 Å². The van der Waals surface area contributed by atoms with Crippen LogP contribution < -0.4 is 5.32 Å². The van der Waals surface area contributed by atoms with Crippen molar-refractivity contribution < 1.29 is 0 Å². The molecule has 0 radical (unpaired) electrons. The van der Waals surface area contributed by atoms with E-state index in [1.54, 1.807) is 0 Å². The number of benzene rings is 1. The topological polar surface area (TPSA) is 24.9 Å². The first-order valence-corrected chi connectivity index (χ1v) is 7.94. The molecule has 0 saturated carbocycles. The van der Waals surface area contributed by atoms with Gasteiger partial charge in [-0.3, -0.25) is 4.98 Å². The molecule has 1 heterocycles. The minimum Gasteiger partial charge on any atom is -0.310 e. The summed E-state index contributed by atoms with van der Waals surface area (Å²) < 4.78 is 1.12. The zero-order chi connectivity index (χ0) is 14.4. The highest BCUT2D eigenvalue weighted by molar-refractivity contribution is 9.10. The lowest BCUT2D eigenvalue weighted by Gasteiger charge is -2.18. The average Bonchev–Trinajstić information content (AvgIpc) is 2.47. The first kappa shape index (κ1) is 15.2. The molecule has 2 nitrogen and oxygen atoms in total. The van der Waals surface area contributed by atoms with Crippen molar-refractivity contribution >= 4 is 15.9 Å². The van der Waals surface area contributed by atoms with Crippen LogP contribution in [0.4, 0.5) is 0 Å². The van der Waals surface area contributed by atoms with Crippen molar-refractivity contribution in [2.24, 2.45) is 0 Å². The fourth-order valence-electron chi connectivity index (χ4n) is 2.27. The first-order valence-electron chi connectivity index (χ1n) is 7.15. The number of aryl methyl sites for hydroxylation is 1. The van der Waals surface area contributed by atoms with Gasteiger partial charge in [0.1, 0.15) is 0 Å². The largest absolute Gasteiger partial charge is 0.310 e. The van der Waals surface area contributed by atoms with Gasteiger partial charge in [-0.25, -0.2) is 0 Å². The van der Waals surface area contributed by atoms with Crippen LogP contribution in [0.25, 0.3) is 0 Å². The summed E-state index contributed by atoms with van der Waals surface area (Å²) >= 11 is 3.54. The minimum absolute atomic E-state index is 0.303. The minimum atomic E-state index is 0.303. The van der Waals surface area contributed by atoms with E-state index in [0.29, 0.717) is 6.04 Å². The number of halogens is 1. The summed E-state index contributed by atoms with van der Waals surface area (Å²) in [5, 5.41) is 3.54. The maximum Gasteiger partial charge on any atom is 0.0422 e. The summed E-state index contributed by atoms with van der Waals surface area (Å²) in [6.45, 7) is 5.24. The molecule has 0 saturated heterocycles. The quantitative estimate of drug-likeness (QED) is 0.853. The highest BCUT2D eigenvalue weighted by Crippen LogP contribution is 2.21. The van der Waals surface area contributed by atoms with Gasteiger partial charge in [-0.05, 0) is 42.3 Å². The third-order valence-electron chi connectivity index (χ3n) is 3.41. The Morgan fingerprint density at radius 2 is 2.05 bits per heavy atom. The second kappa shape index (κ2) is 7.55. The van der Waals surface area contributed by atoms with E-state index in [-0.39, 0.29) is 0 Å². The molecule has 0 aliphatic rings. The van der Waals surface area contributed by atoms with Gasteiger partial charge in [0.2, 0.25) is 0 Å². The number of hydrogen-bond acceptors (Lipinski definition) is 2. The molecule has 106 valence electrons. The monoisotopic (exact) mass is 332 g/mol. The third kappa shape index (κ3) is 4.15. The summed E-state index contributed by atoms with van der Waals surface area (Å²) in [7, 11) is 0. The number of nitrogens with one attached hydrogen (secondary N) is 1. The van der Waals surface area contributed by atoms with Crippen LogP contribution in [0.5, 0.6) is 0 Å². The Morgan fingerprint density at radius 1 is 1.20 bits per heavy atom. The van der Waals surface area contributed by atoms with Crippen molar-refractivity contribution in [3.05, 3.63) is 63.9 Å². The van der Waals surface area contributed by atoms with Crippen molar-refractivity contribution in [2.75, 3.05) is 6.54 Å². The number of rotatable bonds is 6. The van der Waals surface area contributed by atoms with Gasteiger partial charge in [0, 0.05) is 28.8 Å². The van der Waals surface area contributed by atoms with Crippen LogP contribution in [0, 0.1) is 0 Å². The SMILES string of the molecule is CCNC(Cc1ccc(CC)cn1)c1cccc(Br)c1. The lowest BCUT2D eigenvalue weighted by Crippen LogP contribution is -2.23. The van der Waals surface area contributed by atoms with Crippen LogP contribution in [0.1, 0.15) is 36.7 Å². The van der Waals surface area contributed by atoms with Crippen molar-refractivity contribution in [2.45, 2.75) is 32.7 Å². The normalized spacial score (nSPS) is 12.3. The van der Waals surface area contributed by atoms with E-state index in [0.717, 1.165) is 29.6 Å². The van der Waals surface area contributed by atoms with Gasteiger partial charge in [-0.15, -0.1) is 0 Å². The van der Waals surface area contributed by atoms with Gasteiger partial charge in [0.15, 0.2) is 0 Å². The number of pyridine rings is 1. The fraction of sp³-hybridized carbons (Fsp3) is 0.353. The van der Waals surface area contributed by atoms with Crippen molar-refractivity contribution in [1.29, 1.82) is 0 Å². The van der Waals surface area contributed by atoms with Crippen molar-refractivity contribution in [3.8, 4) is 0 Å². The van der Waals surface area contributed by atoms with E-state index in [2.05, 4.69) is 76.5 Å². The summed E-state index contributed by atoms with van der Waals surface area (Å²) in [5.74, 6) is 0. The molecule has 1 aromatic carbocycles. The zero-order valence-electron chi connectivity index (χ0n) is 12.1. The molecule has 20 heavy (non-hydrogen) atoms. The van der Waals surface area contributed by atoms with Crippen LogP contribution in [0.2, 0.25) is 0 Å². The Hall–Kier alpha value is -1.19. The molecular weight excluding hydrogens is 312 g/mol. The van der Waals surface area contributed by atoms with E-state index in [9.17, 15) is 0 Å². The zero-order valence-corrected chi connectivity index (χ0v) is 13.7. The molecule has 1 unspecified atom stereocenters. The van der Waals surface area contributed by atoms with Gasteiger partial charge < -0.3 is 5.32 Å². The lowest BCUT2D eigenvalue weighted by molar-refractivity contribution is 0.544. The summed E-state index contributed by atoms with van der Waals surface area (Å²) in [4.78, 5) is 4.57. The number of aromatic nitrogens is 1. The predicted octanol–water partition coefficient (Wildman–Crippen LogP) is 4.30. The van der Waals surface area contributed by atoms with Crippen molar-refractivity contribution in [1.82, 2.24) is 10.3 Å². The highest BCUT2D eigenvalue weighted by atomic mass is 79.9. The molecular formula is C17H21BrN2. The summed E-state index contributed by atoms with van der Waals surface area (Å²) in [5.41, 5.74) is 3.71. The Labute approximate surface area is 129 Å². The molecule has 0 spiro atoms. The summed E-state index contributed by atoms with van der Waals surface area (Å²) in [6, 6.07) is 13.1. The smallest absolute Gasteiger partial charge is 0.0422 e. The van der Waals surface area contributed by atoms with Gasteiger partial charge >= 0.3 is 0 Å². The van der Waals surface area contributed by atoms with E-state index in [1.165, 1.54) is 11.1 Å². The molecule has 0 fully saturated rings. The number of likely N-dealkylation sites (N-methyl/N-ethyl adjacent to an activating group) is 1. The Kier molecular flexibility index (Phi) is 5.74. The maximum atomic E-state index is 4.57. The van der Waals surface area contributed by atoms with Crippen molar-refractivity contribution in [3.63, 3.8) is 0 Å². The fourth-order valence-corrected chi connectivity index (χ4v) is 2.69. The lowest BCUT2D eigenvalue weighted by atomic mass is 10.0. The molecule has 1 atom stereocenters. The molecule has 0 aliphatic heterocycles. The van der Waals surface area contributed by atoms with E-state index in [4.69, 9.17) is 0 Å². The van der Waals surface area contributed by atoms with Gasteiger partial charge in [-0.2, -0.15) is 0 Å². The van der Waals surface area contributed by atoms with Gasteiger partial charge in [-0.1, -0.05) is 48.0 Å². The predicted molar refractivity (Wildman–Crippen MR) is 87.9 cm³/mol. The standard InChI is InChI=1S/C17H21BrN2/c1-3-13-8-9-16(20-12-13)11-17(19-4-2)14-6-5-7-15(18)10-14/h5-10,12,17,19H,3-4,11H2,1-2H3. The van der Waals surface area contributed by atoms with Crippen LogP contribution in [0.3, 0.4) is 0 Å². The highest BCUT2D eigenvalue weighted by Gasteiger charge is 2.12. The molecule has 2 rings (SSSR count). The molecule has 3 heteroatoms. The van der Waals surface area contributed by atoms with E-state index in [1.807, 2.05) is 6.20 Å². The molecule has 1 aromatic heterocycles. The Balaban J connectivity index is 2.16. The van der Waals surface area contributed by atoms with Crippen LogP contribution in [-0.4, -0.2) is 11.5 Å². The number of hydrogen-bond donors (Lipinski definition) is 1. The molecule has 1 N–H and O–H groups in total. The van der Waals surface area contributed by atoms with Gasteiger partial charge in [0.25, 0.3) is 0 Å². The number of nitrogens with zero attached hydrogens (tertiary/aromatic N) is 1.